The van der Waals surface area contributed by atoms with Crippen LogP contribution in [0.3, 0.4) is 0 Å². The summed E-state index contributed by atoms with van der Waals surface area (Å²) in [6.45, 7) is 0.489. The molecule has 0 fully saturated rings. The SMILES string of the molecule is OB1OCC=C1c1cccc(Br)c1. The molecule has 0 amide bonds. The van der Waals surface area contributed by atoms with Crippen LogP contribution in [0.2, 0.25) is 0 Å². The minimum atomic E-state index is -0.769. The molecule has 1 N–H and O–H groups in total. The molecule has 1 aliphatic rings. The molecule has 0 aromatic heterocycles. The van der Waals surface area contributed by atoms with Crippen molar-refractivity contribution in [3.8, 4) is 0 Å². The highest BCUT2D eigenvalue weighted by Gasteiger charge is 2.25. The summed E-state index contributed by atoms with van der Waals surface area (Å²) in [6, 6.07) is 7.80. The first-order valence-electron chi connectivity index (χ1n) is 4.03. The molecule has 0 atom stereocenters. The van der Waals surface area contributed by atoms with E-state index in [1.807, 2.05) is 30.3 Å². The predicted molar refractivity (Wildman–Crippen MR) is 56.0 cm³/mol. The fourth-order valence-corrected chi connectivity index (χ4v) is 1.75. The van der Waals surface area contributed by atoms with Gasteiger partial charge in [-0.25, -0.2) is 0 Å². The molecular weight excluding hydrogens is 231 g/mol. The molecule has 2 rings (SSSR count). The van der Waals surface area contributed by atoms with Gasteiger partial charge in [0.1, 0.15) is 0 Å². The molecule has 0 saturated carbocycles. The molecule has 66 valence electrons. The summed E-state index contributed by atoms with van der Waals surface area (Å²) in [5.41, 5.74) is 1.85. The van der Waals surface area contributed by atoms with E-state index < -0.39 is 7.12 Å². The quantitative estimate of drug-likeness (QED) is 0.758. The third kappa shape index (κ3) is 1.85. The molecular formula is C9H8BBrO2. The van der Waals surface area contributed by atoms with E-state index in [9.17, 15) is 5.02 Å². The Bertz CT molecular complexity index is 351. The Morgan fingerprint density at radius 3 is 2.92 bits per heavy atom. The van der Waals surface area contributed by atoms with Crippen LogP contribution in [-0.4, -0.2) is 18.7 Å². The minimum Gasteiger partial charge on any atom is -0.423 e. The fourth-order valence-electron chi connectivity index (χ4n) is 1.35. The highest BCUT2D eigenvalue weighted by Crippen LogP contribution is 2.23. The van der Waals surface area contributed by atoms with E-state index in [1.165, 1.54) is 0 Å². The largest absolute Gasteiger partial charge is 0.491 e. The highest BCUT2D eigenvalue weighted by atomic mass is 79.9. The highest BCUT2D eigenvalue weighted by molar-refractivity contribution is 9.10. The van der Waals surface area contributed by atoms with Crippen LogP contribution >= 0.6 is 15.9 Å². The third-order valence-electron chi connectivity index (χ3n) is 1.98. The van der Waals surface area contributed by atoms with Gasteiger partial charge in [-0.3, -0.25) is 0 Å². The maximum atomic E-state index is 9.43. The molecule has 0 saturated heterocycles. The second kappa shape index (κ2) is 3.66. The van der Waals surface area contributed by atoms with E-state index in [0.717, 1.165) is 15.5 Å². The van der Waals surface area contributed by atoms with Crippen molar-refractivity contribution in [2.45, 2.75) is 0 Å². The van der Waals surface area contributed by atoms with E-state index in [-0.39, 0.29) is 0 Å². The smallest absolute Gasteiger partial charge is 0.423 e. The van der Waals surface area contributed by atoms with Crippen molar-refractivity contribution in [3.63, 3.8) is 0 Å². The Balaban J connectivity index is 2.35. The van der Waals surface area contributed by atoms with Crippen LogP contribution in [0.1, 0.15) is 5.56 Å². The van der Waals surface area contributed by atoms with Crippen LogP contribution < -0.4 is 0 Å². The summed E-state index contributed by atoms with van der Waals surface area (Å²) in [5.74, 6) is 0. The summed E-state index contributed by atoms with van der Waals surface area (Å²) < 4.78 is 6.01. The van der Waals surface area contributed by atoms with Crippen molar-refractivity contribution >= 4 is 28.5 Å². The van der Waals surface area contributed by atoms with Crippen LogP contribution in [0.15, 0.2) is 34.8 Å². The summed E-state index contributed by atoms with van der Waals surface area (Å²) in [7, 11) is -0.769. The van der Waals surface area contributed by atoms with Crippen LogP contribution in [0.5, 0.6) is 0 Å². The van der Waals surface area contributed by atoms with Crippen molar-refractivity contribution < 1.29 is 9.68 Å². The lowest BCUT2D eigenvalue weighted by Gasteiger charge is -2.03. The van der Waals surface area contributed by atoms with Gasteiger partial charge < -0.3 is 9.68 Å². The summed E-state index contributed by atoms with van der Waals surface area (Å²) in [6.07, 6.45) is 1.90. The lowest BCUT2D eigenvalue weighted by atomic mass is 9.76. The van der Waals surface area contributed by atoms with Crippen LogP contribution in [0.25, 0.3) is 5.47 Å². The van der Waals surface area contributed by atoms with E-state index in [0.29, 0.717) is 6.61 Å². The molecule has 2 nitrogen and oxygen atoms in total. The Kier molecular flexibility index (Phi) is 2.53. The standard InChI is InChI=1S/C9H8BBrO2/c11-8-3-1-2-7(6-8)9-4-5-13-10(9)12/h1-4,6,12H,5H2. The monoisotopic (exact) mass is 238 g/mol. The normalized spacial score (nSPS) is 16.2. The molecule has 0 aliphatic carbocycles. The minimum absolute atomic E-state index is 0.489. The topological polar surface area (TPSA) is 29.5 Å². The van der Waals surface area contributed by atoms with Crippen molar-refractivity contribution in [2.75, 3.05) is 6.61 Å². The molecule has 4 heteroatoms. The van der Waals surface area contributed by atoms with Gasteiger partial charge in [0.2, 0.25) is 0 Å². The predicted octanol–water partition coefficient (Wildman–Crippen LogP) is 1.88. The van der Waals surface area contributed by atoms with Gasteiger partial charge >= 0.3 is 7.12 Å². The second-order valence-electron chi connectivity index (χ2n) is 2.86. The summed E-state index contributed by atoms with van der Waals surface area (Å²) >= 11 is 3.38. The summed E-state index contributed by atoms with van der Waals surface area (Å²) in [4.78, 5) is 0. The van der Waals surface area contributed by atoms with Gasteiger partial charge in [0.05, 0.1) is 6.61 Å². The molecule has 0 bridgehead atoms. The van der Waals surface area contributed by atoms with Gasteiger partial charge in [0.25, 0.3) is 0 Å². The van der Waals surface area contributed by atoms with Gasteiger partial charge in [-0.2, -0.15) is 0 Å². The van der Waals surface area contributed by atoms with Crippen LogP contribution in [0, 0.1) is 0 Å². The number of benzene rings is 1. The van der Waals surface area contributed by atoms with Crippen molar-refractivity contribution in [1.82, 2.24) is 0 Å². The first kappa shape index (κ1) is 9.00. The molecule has 1 heterocycles. The zero-order valence-corrected chi connectivity index (χ0v) is 8.49. The molecule has 0 radical (unpaired) electrons. The Labute approximate surface area is 85.5 Å². The average molecular weight is 239 g/mol. The van der Waals surface area contributed by atoms with E-state index in [2.05, 4.69) is 15.9 Å². The first-order valence-corrected chi connectivity index (χ1v) is 4.82. The first-order chi connectivity index (χ1) is 6.27. The third-order valence-corrected chi connectivity index (χ3v) is 2.47. The van der Waals surface area contributed by atoms with Gasteiger partial charge in [-0.1, -0.05) is 34.1 Å². The number of hydrogen-bond donors (Lipinski definition) is 1. The maximum Gasteiger partial charge on any atom is 0.491 e. The molecule has 1 aliphatic heterocycles. The number of hydrogen-bond acceptors (Lipinski definition) is 2. The van der Waals surface area contributed by atoms with Gasteiger partial charge in [0.15, 0.2) is 0 Å². The molecule has 0 unspecified atom stereocenters. The van der Waals surface area contributed by atoms with Gasteiger partial charge in [-0.05, 0) is 23.2 Å². The second-order valence-corrected chi connectivity index (χ2v) is 3.77. The molecule has 0 spiro atoms. The number of rotatable bonds is 1. The van der Waals surface area contributed by atoms with Crippen LogP contribution in [-0.2, 0) is 4.65 Å². The van der Waals surface area contributed by atoms with E-state index in [1.54, 1.807) is 0 Å². The zero-order chi connectivity index (χ0) is 9.26. The zero-order valence-electron chi connectivity index (χ0n) is 6.90. The Morgan fingerprint density at radius 1 is 1.46 bits per heavy atom. The van der Waals surface area contributed by atoms with E-state index >= 15 is 0 Å². The van der Waals surface area contributed by atoms with Gasteiger partial charge in [0, 0.05) is 4.47 Å². The Hall–Kier alpha value is -0.575. The Morgan fingerprint density at radius 2 is 2.31 bits per heavy atom. The molecule has 1 aromatic carbocycles. The van der Waals surface area contributed by atoms with Crippen molar-refractivity contribution in [2.24, 2.45) is 0 Å². The van der Waals surface area contributed by atoms with Crippen molar-refractivity contribution in [1.29, 1.82) is 0 Å². The van der Waals surface area contributed by atoms with Gasteiger partial charge in [-0.15, -0.1) is 0 Å². The summed E-state index contributed by atoms with van der Waals surface area (Å²) in [5, 5.41) is 9.43. The lowest BCUT2D eigenvalue weighted by Crippen LogP contribution is -2.14. The van der Waals surface area contributed by atoms with Crippen molar-refractivity contribution in [3.05, 3.63) is 40.4 Å². The van der Waals surface area contributed by atoms with Crippen LogP contribution in [0.4, 0.5) is 0 Å². The average Bonchev–Trinajstić information content (AvgIpc) is 2.51. The lowest BCUT2D eigenvalue weighted by molar-refractivity contribution is 0.316. The molecule has 13 heavy (non-hydrogen) atoms. The van der Waals surface area contributed by atoms with E-state index in [4.69, 9.17) is 4.65 Å². The maximum absolute atomic E-state index is 9.43. The fraction of sp³-hybridized carbons (Fsp3) is 0.111. The number of halogens is 1. The molecule has 1 aromatic rings.